The van der Waals surface area contributed by atoms with Crippen molar-refractivity contribution in [3.05, 3.63) is 70.9 Å². The van der Waals surface area contributed by atoms with Gasteiger partial charge in [-0.15, -0.1) is 0 Å². The van der Waals surface area contributed by atoms with Crippen LogP contribution in [-0.2, 0) is 6.42 Å². The van der Waals surface area contributed by atoms with E-state index in [1.165, 1.54) is 5.56 Å². The molecule has 2 aromatic carbocycles. The number of ether oxygens (including phenoxy) is 1. The highest BCUT2D eigenvalue weighted by molar-refractivity contribution is 6.30. The van der Waals surface area contributed by atoms with Gasteiger partial charge in [0.2, 0.25) is 5.95 Å². The molecule has 0 amide bonds. The molecule has 0 aliphatic heterocycles. The van der Waals surface area contributed by atoms with E-state index in [9.17, 15) is 0 Å². The van der Waals surface area contributed by atoms with Crippen molar-refractivity contribution in [2.24, 2.45) is 0 Å². The molecular formula is C21H23ClN4O. The van der Waals surface area contributed by atoms with Crippen molar-refractivity contribution in [2.75, 3.05) is 23.8 Å². The first-order valence-corrected chi connectivity index (χ1v) is 9.34. The molecule has 0 bridgehead atoms. The molecule has 0 saturated carbocycles. The number of aryl methyl sites for hydroxylation is 1. The van der Waals surface area contributed by atoms with Crippen molar-refractivity contribution in [3.8, 4) is 5.75 Å². The van der Waals surface area contributed by atoms with E-state index in [2.05, 4.69) is 20.6 Å². The topological polar surface area (TPSA) is 59.1 Å². The zero-order chi connectivity index (χ0) is 19.1. The second-order valence-corrected chi connectivity index (χ2v) is 6.54. The fourth-order valence-corrected chi connectivity index (χ4v) is 2.76. The number of nitrogens with one attached hydrogen (secondary N) is 2. The van der Waals surface area contributed by atoms with Gasteiger partial charge in [0, 0.05) is 29.0 Å². The molecule has 1 aromatic heterocycles. The molecule has 3 rings (SSSR count). The van der Waals surface area contributed by atoms with Crippen LogP contribution in [0.5, 0.6) is 5.75 Å². The maximum absolute atomic E-state index is 5.92. The Kier molecular flexibility index (Phi) is 6.49. The lowest BCUT2D eigenvalue weighted by atomic mass is 10.1. The van der Waals surface area contributed by atoms with Gasteiger partial charge in [0.05, 0.1) is 6.61 Å². The number of nitrogens with zero attached hydrogens (tertiary/aromatic N) is 2. The minimum absolute atomic E-state index is 0.563. The average Bonchev–Trinajstić information content (AvgIpc) is 2.65. The largest absolute Gasteiger partial charge is 0.494 e. The van der Waals surface area contributed by atoms with E-state index in [-0.39, 0.29) is 0 Å². The van der Waals surface area contributed by atoms with E-state index in [1.807, 2.05) is 68.4 Å². The van der Waals surface area contributed by atoms with Crippen LogP contribution in [0.25, 0.3) is 0 Å². The van der Waals surface area contributed by atoms with Crippen molar-refractivity contribution in [1.29, 1.82) is 0 Å². The van der Waals surface area contributed by atoms with Gasteiger partial charge in [-0.05, 0) is 62.2 Å². The molecule has 3 aromatic rings. The second-order valence-electron chi connectivity index (χ2n) is 6.10. The third-order valence-corrected chi connectivity index (χ3v) is 4.16. The van der Waals surface area contributed by atoms with E-state index in [1.54, 1.807) is 0 Å². The summed E-state index contributed by atoms with van der Waals surface area (Å²) in [5.74, 6) is 2.20. The summed E-state index contributed by atoms with van der Waals surface area (Å²) in [6.45, 7) is 5.35. The standard InChI is InChI=1S/C21H23ClN4O/c1-3-27-19-10-8-18(9-11-19)25-21-24-15(2)14-20(26-21)23-13-12-16-4-6-17(22)7-5-16/h4-11,14H,3,12-13H2,1-2H3,(H2,23,24,25,26). The fourth-order valence-electron chi connectivity index (χ4n) is 2.63. The Balaban J connectivity index is 1.60. The van der Waals surface area contributed by atoms with Gasteiger partial charge >= 0.3 is 0 Å². The van der Waals surface area contributed by atoms with Gasteiger partial charge in [0.25, 0.3) is 0 Å². The summed E-state index contributed by atoms with van der Waals surface area (Å²) in [4.78, 5) is 9.00. The minimum Gasteiger partial charge on any atom is -0.494 e. The Morgan fingerprint density at radius 2 is 1.74 bits per heavy atom. The SMILES string of the molecule is CCOc1ccc(Nc2nc(C)cc(NCCc3ccc(Cl)cc3)n2)cc1. The number of aromatic nitrogens is 2. The van der Waals surface area contributed by atoms with E-state index in [0.29, 0.717) is 12.6 Å². The van der Waals surface area contributed by atoms with Crippen molar-refractivity contribution >= 4 is 29.1 Å². The highest BCUT2D eigenvalue weighted by atomic mass is 35.5. The lowest BCUT2D eigenvalue weighted by molar-refractivity contribution is 0.340. The molecule has 0 spiro atoms. The monoisotopic (exact) mass is 382 g/mol. The van der Waals surface area contributed by atoms with Crippen LogP contribution in [0.4, 0.5) is 17.5 Å². The van der Waals surface area contributed by atoms with Gasteiger partial charge in [-0.2, -0.15) is 4.98 Å². The lowest BCUT2D eigenvalue weighted by Crippen LogP contribution is -2.08. The molecule has 5 nitrogen and oxygen atoms in total. The van der Waals surface area contributed by atoms with Crippen LogP contribution in [0.3, 0.4) is 0 Å². The first-order chi connectivity index (χ1) is 13.1. The number of halogens is 1. The molecule has 2 N–H and O–H groups in total. The molecule has 27 heavy (non-hydrogen) atoms. The van der Waals surface area contributed by atoms with Crippen molar-refractivity contribution < 1.29 is 4.74 Å². The maximum Gasteiger partial charge on any atom is 0.229 e. The van der Waals surface area contributed by atoms with Crippen LogP contribution in [0.2, 0.25) is 5.02 Å². The highest BCUT2D eigenvalue weighted by Gasteiger charge is 2.04. The molecule has 0 aliphatic rings. The Hall–Kier alpha value is -2.79. The smallest absolute Gasteiger partial charge is 0.229 e. The molecule has 0 unspecified atom stereocenters. The molecular weight excluding hydrogens is 360 g/mol. The van der Waals surface area contributed by atoms with Gasteiger partial charge in [-0.25, -0.2) is 4.98 Å². The number of anilines is 3. The molecule has 0 fully saturated rings. The van der Waals surface area contributed by atoms with Crippen LogP contribution < -0.4 is 15.4 Å². The normalized spacial score (nSPS) is 10.5. The van der Waals surface area contributed by atoms with E-state index in [4.69, 9.17) is 16.3 Å². The van der Waals surface area contributed by atoms with E-state index in [0.717, 1.165) is 40.9 Å². The first kappa shape index (κ1) is 19.0. The van der Waals surface area contributed by atoms with Crippen molar-refractivity contribution in [1.82, 2.24) is 9.97 Å². The van der Waals surface area contributed by atoms with Crippen LogP contribution in [0.1, 0.15) is 18.2 Å². The lowest BCUT2D eigenvalue weighted by Gasteiger charge is -2.11. The minimum atomic E-state index is 0.563. The Labute approximate surface area is 164 Å². The van der Waals surface area contributed by atoms with E-state index < -0.39 is 0 Å². The van der Waals surface area contributed by atoms with Crippen molar-refractivity contribution in [2.45, 2.75) is 20.3 Å². The molecule has 0 saturated heterocycles. The van der Waals surface area contributed by atoms with Gasteiger partial charge in [0.15, 0.2) is 0 Å². The van der Waals surface area contributed by atoms with Crippen LogP contribution >= 0.6 is 11.6 Å². The molecule has 1 heterocycles. The number of hydrogen-bond acceptors (Lipinski definition) is 5. The summed E-state index contributed by atoms with van der Waals surface area (Å²) in [6.07, 6.45) is 0.891. The first-order valence-electron chi connectivity index (χ1n) is 8.96. The summed E-state index contributed by atoms with van der Waals surface area (Å²) in [6, 6.07) is 17.6. The third-order valence-electron chi connectivity index (χ3n) is 3.91. The molecule has 0 atom stereocenters. The predicted molar refractivity (Wildman–Crippen MR) is 111 cm³/mol. The van der Waals surface area contributed by atoms with Crippen LogP contribution in [0, 0.1) is 6.92 Å². The number of benzene rings is 2. The zero-order valence-electron chi connectivity index (χ0n) is 15.5. The Bertz CT molecular complexity index is 866. The third kappa shape index (κ3) is 5.86. The summed E-state index contributed by atoms with van der Waals surface area (Å²) in [5, 5.41) is 7.35. The van der Waals surface area contributed by atoms with E-state index >= 15 is 0 Å². The fraction of sp³-hybridized carbons (Fsp3) is 0.238. The predicted octanol–water partition coefficient (Wildman–Crippen LogP) is 5.24. The quantitative estimate of drug-likeness (QED) is 0.558. The van der Waals surface area contributed by atoms with Gasteiger partial charge in [0.1, 0.15) is 11.6 Å². The Morgan fingerprint density at radius 3 is 2.44 bits per heavy atom. The van der Waals surface area contributed by atoms with Gasteiger partial charge in [-0.1, -0.05) is 23.7 Å². The summed E-state index contributed by atoms with van der Waals surface area (Å²) in [5.41, 5.74) is 3.04. The number of hydrogen-bond donors (Lipinski definition) is 2. The van der Waals surface area contributed by atoms with Crippen LogP contribution in [-0.4, -0.2) is 23.1 Å². The zero-order valence-corrected chi connectivity index (χ0v) is 16.3. The van der Waals surface area contributed by atoms with Gasteiger partial charge in [-0.3, -0.25) is 0 Å². The summed E-state index contributed by atoms with van der Waals surface area (Å²) < 4.78 is 5.46. The molecule has 140 valence electrons. The van der Waals surface area contributed by atoms with Gasteiger partial charge < -0.3 is 15.4 Å². The molecule has 6 heteroatoms. The van der Waals surface area contributed by atoms with Crippen LogP contribution in [0.15, 0.2) is 54.6 Å². The summed E-state index contributed by atoms with van der Waals surface area (Å²) in [7, 11) is 0. The molecule has 0 radical (unpaired) electrons. The Morgan fingerprint density at radius 1 is 1.00 bits per heavy atom. The van der Waals surface area contributed by atoms with Crippen molar-refractivity contribution in [3.63, 3.8) is 0 Å². The highest BCUT2D eigenvalue weighted by Crippen LogP contribution is 2.19. The molecule has 0 aliphatic carbocycles. The average molecular weight is 383 g/mol. The number of rotatable bonds is 8. The summed E-state index contributed by atoms with van der Waals surface area (Å²) >= 11 is 5.92. The second kappa shape index (κ2) is 9.24. The maximum atomic E-state index is 5.92.